The number of halogens is 69. The monoisotopic (exact) mass is 1750 g/mol. The van der Waals surface area contributed by atoms with Crippen molar-refractivity contribution in [2.45, 2.75) is 195 Å². The molecule has 0 amide bonds. The van der Waals surface area contributed by atoms with Gasteiger partial charge in [0.15, 0.2) is 0 Å². The van der Waals surface area contributed by atoms with Gasteiger partial charge in [-0.25, -0.2) is 26.3 Å². The minimum atomic E-state index is -15.3. The van der Waals surface area contributed by atoms with E-state index in [9.17, 15) is 250 Å². The third kappa shape index (κ3) is 10.6. The smallest absolute Gasteiger partial charge is 0.337 e. The maximum absolute atomic E-state index is 15.8. The molecule has 0 saturated carbocycles. The Labute approximate surface area is 513 Å². The van der Waals surface area contributed by atoms with E-state index < -0.39 is 203 Å². The molecule has 2 N–H and O–H groups in total. The van der Waals surface area contributed by atoms with Crippen molar-refractivity contribution in [3.63, 3.8) is 0 Å². The van der Waals surface area contributed by atoms with E-state index in [0.717, 1.165) is 0 Å². The van der Waals surface area contributed by atoms with Crippen LogP contribution in [0.25, 0.3) is 0 Å². The Kier molecular flexibility index (Phi) is 22.4. The molecule has 0 aliphatic heterocycles. The lowest BCUT2D eigenvalue weighted by Crippen LogP contribution is -2.95. The quantitative estimate of drug-likeness (QED) is 0.0563. The fraction of sp³-hybridized carbons (Fsp3) is 1.00. The molecule has 0 aliphatic carbocycles. The van der Waals surface area contributed by atoms with E-state index >= 15 is 52.7 Å². The summed E-state index contributed by atoms with van der Waals surface area (Å²) in [6.45, 7) is 0. The van der Waals surface area contributed by atoms with Gasteiger partial charge < -0.3 is 5.40 Å². The zero-order chi connectivity index (χ0) is 87.0. The molecule has 626 valence electrons. The zero-order valence-electron chi connectivity index (χ0n) is 43.7. The standard InChI is InChI=1S/C33H2F69NSi/c34-1(35,4(40,41)10(52,53)16(64,65)22(76,77)28(88,89)90)7(46,47)13(58,59)19(70,71)25(82,83)31(97,98)104(103,32(99,100)26(84,85)20(72,73)14(60,61)8(48,49)2(36,37)5(42,43)11(54,55)17(66,67)23(78,79)29(91,92)93)33(101,102)27(86,87)21(74,75)15(62,63)9(50,51)3(38,39)6(44,45)12(56,57)18(68,69)24(80,81)30(94,95)96/h103H2. The molecule has 0 heterocycles. The summed E-state index contributed by atoms with van der Waals surface area (Å²) < 4.78 is 975. The molecule has 104 heavy (non-hydrogen) atoms. The summed E-state index contributed by atoms with van der Waals surface area (Å²) in [5.74, 6) is -299. The molecular formula is C33H2F69NSi. The third-order valence-electron chi connectivity index (χ3n) is 13.2. The molecule has 0 fully saturated rings. The molecule has 0 aromatic carbocycles. The van der Waals surface area contributed by atoms with Gasteiger partial charge in [0.25, 0.3) is 0 Å². The minimum absolute atomic E-state index is 2.26. The number of rotatable bonds is 30. The van der Waals surface area contributed by atoms with Crippen LogP contribution >= 0.6 is 0 Å². The predicted octanol–water partition coefficient (Wildman–Crippen LogP) is 21.3. The van der Waals surface area contributed by atoms with E-state index in [-0.39, 0.29) is 0 Å². The first kappa shape index (κ1) is 99.3. The van der Waals surface area contributed by atoms with E-state index in [0.29, 0.717) is 0 Å². The summed E-state index contributed by atoms with van der Waals surface area (Å²) in [5, 5.41) is 2.26. The molecule has 0 aromatic heterocycles. The molecule has 0 atom stereocenters. The summed E-state index contributed by atoms with van der Waals surface area (Å²) in [7, 11) is -15.3. The van der Waals surface area contributed by atoms with E-state index in [1.165, 1.54) is 0 Å². The van der Waals surface area contributed by atoms with Gasteiger partial charge in [0.05, 0.1) is 0 Å². The first-order valence-electron chi connectivity index (χ1n) is 21.6. The SMILES string of the molecule is N[Si](C(F)(F)C(F)(F)C(F)(F)C(F)(F)C(F)(F)C(F)(F)C(F)(F)C(F)(F)C(F)(F)C(F)(F)C(F)(F)F)(C(F)(F)C(F)(F)C(F)(F)C(F)(F)C(F)(F)C(F)(F)C(F)(F)C(F)(F)C(F)(F)C(F)(F)C(F)(F)F)C(F)(F)C(F)(F)C(F)(F)C(F)(F)C(F)(F)C(F)(F)C(F)(F)C(F)(F)C(F)(F)C(F)(F)C(F)(F)F. The highest BCUT2D eigenvalue weighted by Crippen LogP contribution is 2.75. The molecule has 0 spiro atoms. The Balaban J connectivity index is 10.4. The Hall–Kier alpha value is -4.65. The first-order chi connectivity index (χ1) is 43.2. The lowest BCUT2D eigenvalue weighted by atomic mass is 9.86. The van der Waals surface area contributed by atoms with Crippen LogP contribution in [-0.2, 0) is 0 Å². The second-order valence-corrected chi connectivity index (χ2v) is 23.0. The number of nitrogens with two attached hydrogens (primary N) is 1. The van der Waals surface area contributed by atoms with Gasteiger partial charge in [-0.3, -0.25) is 0 Å². The molecular weight excluding hydrogens is 1750 g/mol. The van der Waals surface area contributed by atoms with E-state index in [4.69, 9.17) is 0 Å². The summed E-state index contributed by atoms with van der Waals surface area (Å²) in [5.41, 5.74) is -37.4. The normalized spacial score (nSPS) is 17.7. The van der Waals surface area contributed by atoms with Gasteiger partial charge in [0, 0.05) is 0 Å². The molecule has 0 radical (unpaired) electrons. The second kappa shape index (κ2) is 23.5. The van der Waals surface area contributed by atoms with Crippen molar-refractivity contribution in [1.29, 1.82) is 0 Å². The number of hydrogen-bond acceptors (Lipinski definition) is 1. The molecule has 71 heteroatoms. The molecule has 0 aromatic rings. The van der Waals surface area contributed by atoms with E-state index in [2.05, 4.69) is 5.40 Å². The molecule has 0 rings (SSSR count). The fourth-order valence-electron chi connectivity index (χ4n) is 6.60. The van der Waals surface area contributed by atoms with E-state index in [1.54, 1.807) is 0 Å². The van der Waals surface area contributed by atoms with Crippen molar-refractivity contribution in [1.82, 2.24) is 0 Å². The van der Waals surface area contributed by atoms with Gasteiger partial charge in [-0.1, -0.05) is 0 Å². The van der Waals surface area contributed by atoms with Crippen molar-refractivity contribution in [2.75, 3.05) is 0 Å². The largest absolute Gasteiger partial charge is 0.460 e. The van der Waals surface area contributed by atoms with Gasteiger partial charge in [-0.15, -0.1) is 0 Å². The minimum Gasteiger partial charge on any atom is -0.337 e. The Morgan fingerprint density at radius 2 is 0.154 bits per heavy atom. The van der Waals surface area contributed by atoms with Crippen LogP contribution in [0.15, 0.2) is 0 Å². The number of alkyl halides is 69. The summed E-state index contributed by atoms with van der Waals surface area (Å²) in [4.78, 5) is 0. The summed E-state index contributed by atoms with van der Waals surface area (Å²) in [6.07, 6.45) is -27.0. The predicted molar refractivity (Wildman–Crippen MR) is 177 cm³/mol. The lowest BCUT2D eigenvalue weighted by molar-refractivity contribution is -0.480. The van der Waals surface area contributed by atoms with Crippen LogP contribution in [-0.4, -0.2) is 203 Å². The van der Waals surface area contributed by atoms with Crippen molar-refractivity contribution in [3.8, 4) is 0 Å². The van der Waals surface area contributed by atoms with Crippen LogP contribution in [0.5, 0.6) is 0 Å². The highest BCUT2D eigenvalue weighted by molar-refractivity contribution is 6.84. The number of hydrogen-bond donors (Lipinski definition) is 1. The van der Waals surface area contributed by atoms with Gasteiger partial charge in [-0.2, -0.15) is 277 Å². The van der Waals surface area contributed by atoms with Crippen LogP contribution in [0.3, 0.4) is 0 Å². The van der Waals surface area contributed by atoms with Crippen LogP contribution in [0, 0.1) is 0 Å². The third-order valence-corrected chi connectivity index (χ3v) is 17.1. The Morgan fingerprint density at radius 3 is 0.221 bits per heavy atom. The summed E-state index contributed by atoms with van der Waals surface area (Å²) >= 11 is 0. The molecule has 0 unspecified atom stereocenters. The average molecular weight is 1750 g/mol. The van der Waals surface area contributed by atoms with Crippen molar-refractivity contribution >= 4 is 8.24 Å². The van der Waals surface area contributed by atoms with Gasteiger partial charge in [0.2, 0.25) is 0 Å². The van der Waals surface area contributed by atoms with Crippen LogP contribution in [0.2, 0.25) is 0 Å². The highest BCUT2D eigenvalue weighted by Gasteiger charge is 3.09. The average Bonchev–Trinajstić information content (AvgIpc) is 0.659. The molecule has 1 nitrogen and oxygen atoms in total. The fourth-order valence-corrected chi connectivity index (χ4v) is 9.74. The van der Waals surface area contributed by atoms with Crippen molar-refractivity contribution < 1.29 is 303 Å². The molecule has 0 saturated heterocycles. The van der Waals surface area contributed by atoms with Crippen LogP contribution in [0.4, 0.5) is 303 Å². The first-order valence-corrected chi connectivity index (χ1v) is 23.7. The van der Waals surface area contributed by atoms with Gasteiger partial charge in [-0.05, 0) is 0 Å². The maximum Gasteiger partial charge on any atom is 0.460 e. The highest BCUT2D eigenvalue weighted by atomic mass is 28.3. The summed E-state index contributed by atoms with van der Waals surface area (Å²) in [6, 6.07) is 0. The van der Waals surface area contributed by atoms with Gasteiger partial charge in [0.1, 0.15) is 0 Å². The topological polar surface area (TPSA) is 26.0 Å². The maximum atomic E-state index is 15.8. The van der Waals surface area contributed by atoms with Crippen LogP contribution < -0.4 is 5.40 Å². The van der Waals surface area contributed by atoms with Crippen molar-refractivity contribution in [2.24, 2.45) is 5.40 Å². The molecule has 0 aliphatic rings. The Bertz CT molecular complexity index is 2770. The van der Waals surface area contributed by atoms with E-state index in [1.807, 2.05) is 0 Å². The second-order valence-electron chi connectivity index (χ2n) is 19.5. The van der Waals surface area contributed by atoms with Crippen molar-refractivity contribution in [3.05, 3.63) is 0 Å². The van der Waals surface area contributed by atoms with Gasteiger partial charge >= 0.3 is 203 Å². The lowest BCUT2D eigenvalue weighted by Gasteiger charge is -2.53. The Morgan fingerprint density at radius 1 is 0.0962 bits per heavy atom. The molecule has 0 bridgehead atoms. The van der Waals surface area contributed by atoms with Crippen LogP contribution in [0.1, 0.15) is 0 Å². The zero-order valence-corrected chi connectivity index (χ0v) is 44.7.